The minimum Gasteiger partial charge on any atom is -0.383 e. The number of ether oxygens (including phenoxy) is 1. The van der Waals surface area contributed by atoms with Gasteiger partial charge in [0.1, 0.15) is 5.82 Å². The van der Waals surface area contributed by atoms with Crippen molar-refractivity contribution in [3.05, 3.63) is 22.3 Å². The maximum absolute atomic E-state index is 12.6. The molecule has 0 saturated carbocycles. The number of likely N-dealkylation sites (N-methyl/N-ethyl adjacent to an activating group) is 1. The van der Waals surface area contributed by atoms with Crippen LogP contribution in [-0.4, -0.2) is 49.1 Å². The summed E-state index contributed by atoms with van der Waals surface area (Å²) in [5.41, 5.74) is 0.568. The summed E-state index contributed by atoms with van der Waals surface area (Å²) >= 11 is 3.36. The molecule has 6 heteroatoms. The first-order valence-corrected chi connectivity index (χ1v) is 7.46. The number of hydrogen-bond acceptors (Lipinski definition) is 4. The van der Waals surface area contributed by atoms with Gasteiger partial charge in [-0.1, -0.05) is 6.92 Å². The van der Waals surface area contributed by atoms with Gasteiger partial charge in [-0.2, -0.15) is 0 Å². The summed E-state index contributed by atoms with van der Waals surface area (Å²) in [6.45, 7) is 5.31. The van der Waals surface area contributed by atoms with Crippen molar-refractivity contribution in [2.45, 2.75) is 26.3 Å². The van der Waals surface area contributed by atoms with Crippen LogP contribution < -0.4 is 5.32 Å². The molecule has 0 aliphatic rings. The second-order valence-electron chi connectivity index (χ2n) is 4.70. The zero-order valence-corrected chi connectivity index (χ0v) is 14.0. The van der Waals surface area contributed by atoms with Crippen LogP contribution in [0.4, 0.5) is 5.82 Å². The molecule has 0 bridgehead atoms. The fraction of sp³-hybridized carbons (Fsp3) is 0.571. The zero-order valence-electron chi connectivity index (χ0n) is 12.4. The molecule has 1 aromatic rings. The number of carbonyl (C=O) groups excluding carboxylic acids is 1. The van der Waals surface area contributed by atoms with Crippen LogP contribution in [0.2, 0.25) is 0 Å². The third-order valence-electron chi connectivity index (χ3n) is 3.02. The summed E-state index contributed by atoms with van der Waals surface area (Å²) in [5.74, 6) is 0.554. The fourth-order valence-electron chi connectivity index (χ4n) is 1.73. The quantitative estimate of drug-likeness (QED) is 0.826. The molecule has 0 fully saturated rings. The molecule has 0 aromatic carbocycles. The Kier molecular flexibility index (Phi) is 6.95. The lowest BCUT2D eigenvalue weighted by atomic mass is 10.2. The lowest BCUT2D eigenvalue weighted by Gasteiger charge is -2.25. The number of amides is 1. The van der Waals surface area contributed by atoms with E-state index in [2.05, 4.69) is 33.2 Å². The molecule has 1 rings (SSSR count). The van der Waals surface area contributed by atoms with Crippen LogP contribution in [0.5, 0.6) is 0 Å². The Hall–Kier alpha value is -1.14. The number of halogens is 1. The molecule has 1 amide bonds. The van der Waals surface area contributed by atoms with Gasteiger partial charge in [-0.3, -0.25) is 4.79 Å². The Morgan fingerprint density at radius 1 is 1.60 bits per heavy atom. The van der Waals surface area contributed by atoms with Crippen molar-refractivity contribution in [3.8, 4) is 0 Å². The predicted molar refractivity (Wildman–Crippen MR) is 84.1 cm³/mol. The van der Waals surface area contributed by atoms with E-state index in [0.717, 1.165) is 17.4 Å². The van der Waals surface area contributed by atoms with E-state index in [1.165, 1.54) is 0 Å². The summed E-state index contributed by atoms with van der Waals surface area (Å²) in [6, 6.07) is 1.80. The van der Waals surface area contributed by atoms with Crippen molar-refractivity contribution in [1.29, 1.82) is 0 Å². The molecule has 1 heterocycles. The summed E-state index contributed by atoms with van der Waals surface area (Å²) in [5, 5.41) is 3.19. The maximum atomic E-state index is 12.6. The minimum absolute atomic E-state index is 0.00510. The van der Waals surface area contributed by atoms with E-state index in [4.69, 9.17) is 4.74 Å². The molecule has 1 unspecified atom stereocenters. The van der Waals surface area contributed by atoms with E-state index < -0.39 is 0 Å². The number of nitrogens with zero attached hydrogens (tertiary/aromatic N) is 2. The van der Waals surface area contributed by atoms with Gasteiger partial charge in [-0.15, -0.1) is 0 Å². The van der Waals surface area contributed by atoms with E-state index in [1.807, 2.05) is 6.92 Å². The Morgan fingerprint density at radius 2 is 2.30 bits per heavy atom. The van der Waals surface area contributed by atoms with E-state index in [-0.39, 0.29) is 11.9 Å². The van der Waals surface area contributed by atoms with E-state index in [0.29, 0.717) is 18.0 Å². The van der Waals surface area contributed by atoms with E-state index in [1.54, 1.807) is 31.3 Å². The lowest BCUT2D eigenvalue weighted by molar-refractivity contribution is 0.0634. The summed E-state index contributed by atoms with van der Waals surface area (Å²) in [7, 11) is 3.40. The number of rotatable bonds is 7. The van der Waals surface area contributed by atoms with Gasteiger partial charge >= 0.3 is 0 Å². The molecule has 0 spiro atoms. The van der Waals surface area contributed by atoms with Crippen LogP contribution in [0.1, 0.15) is 30.6 Å². The summed E-state index contributed by atoms with van der Waals surface area (Å²) < 4.78 is 5.88. The summed E-state index contributed by atoms with van der Waals surface area (Å²) in [6.07, 6.45) is 2.66. The van der Waals surface area contributed by atoms with E-state index >= 15 is 0 Å². The van der Waals surface area contributed by atoms with Gasteiger partial charge in [0.15, 0.2) is 0 Å². The zero-order chi connectivity index (χ0) is 15.1. The first-order chi connectivity index (χ1) is 9.51. The van der Waals surface area contributed by atoms with Gasteiger partial charge in [0, 0.05) is 31.4 Å². The van der Waals surface area contributed by atoms with Gasteiger partial charge in [0.2, 0.25) is 0 Å². The molecule has 0 saturated heterocycles. The molecule has 0 radical (unpaired) electrons. The highest BCUT2D eigenvalue weighted by atomic mass is 79.9. The fourth-order valence-corrected chi connectivity index (χ4v) is 2.06. The number of aromatic nitrogens is 1. The predicted octanol–water partition coefficient (Wildman–Crippen LogP) is 2.77. The molecule has 1 atom stereocenters. The number of nitrogens with one attached hydrogen (secondary N) is 1. The first-order valence-electron chi connectivity index (χ1n) is 6.66. The van der Waals surface area contributed by atoms with Crippen LogP contribution in [0.25, 0.3) is 0 Å². The van der Waals surface area contributed by atoms with Gasteiger partial charge < -0.3 is 15.0 Å². The van der Waals surface area contributed by atoms with Crippen molar-refractivity contribution < 1.29 is 9.53 Å². The third kappa shape index (κ3) is 4.45. The SMILES string of the molecule is CCCNc1ncc(Br)cc1C(=O)N(C)C(C)COC. The van der Waals surface area contributed by atoms with Gasteiger partial charge in [-0.25, -0.2) is 4.98 Å². The van der Waals surface area contributed by atoms with Crippen LogP contribution >= 0.6 is 15.9 Å². The van der Waals surface area contributed by atoms with Gasteiger partial charge in [0.05, 0.1) is 18.2 Å². The van der Waals surface area contributed by atoms with Gasteiger partial charge in [-0.05, 0) is 35.3 Å². The highest BCUT2D eigenvalue weighted by Gasteiger charge is 2.21. The smallest absolute Gasteiger partial charge is 0.257 e. The minimum atomic E-state index is -0.0676. The third-order valence-corrected chi connectivity index (χ3v) is 3.45. The highest BCUT2D eigenvalue weighted by molar-refractivity contribution is 9.10. The molecular weight excluding hydrogens is 322 g/mol. The largest absolute Gasteiger partial charge is 0.383 e. The van der Waals surface area contributed by atoms with Crippen molar-refractivity contribution in [3.63, 3.8) is 0 Å². The topological polar surface area (TPSA) is 54.5 Å². The van der Waals surface area contributed by atoms with Crippen LogP contribution in [0.3, 0.4) is 0 Å². The Morgan fingerprint density at radius 3 is 2.90 bits per heavy atom. The monoisotopic (exact) mass is 343 g/mol. The van der Waals surface area contributed by atoms with Crippen LogP contribution in [0.15, 0.2) is 16.7 Å². The molecule has 20 heavy (non-hydrogen) atoms. The lowest BCUT2D eigenvalue weighted by Crippen LogP contribution is -2.38. The van der Waals surface area contributed by atoms with Crippen LogP contribution in [0, 0.1) is 0 Å². The molecular formula is C14H22BrN3O2. The first kappa shape index (κ1) is 16.9. The van der Waals surface area contributed by atoms with Gasteiger partial charge in [0.25, 0.3) is 5.91 Å². The number of hydrogen-bond donors (Lipinski definition) is 1. The Bertz CT molecular complexity index is 454. The average molecular weight is 344 g/mol. The standard InChI is InChI=1S/C14H22BrN3O2/c1-5-6-16-13-12(7-11(15)8-17-13)14(19)18(3)10(2)9-20-4/h7-8,10H,5-6,9H2,1-4H3,(H,16,17). The second-order valence-corrected chi connectivity index (χ2v) is 5.61. The second kappa shape index (κ2) is 8.21. The van der Waals surface area contributed by atoms with Crippen molar-refractivity contribution >= 4 is 27.7 Å². The maximum Gasteiger partial charge on any atom is 0.257 e. The Labute approximate surface area is 128 Å². The highest BCUT2D eigenvalue weighted by Crippen LogP contribution is 2.20. The van der Waals surface area contributed by atoms with Crippen molar-refractivity contribution in [2.75, 3.05) is 32.6 Å². The van der Waals surface area contributed by atoms with E-state index in [9.17, 15) is 4.79 Å². The molecule has 1 aromatic heterocycles. The summed E-state index contributed by atoms with van der Waals surface area (Å²) in [4.78, 5) is 18.5. The number of carbonyl (C=O) groups is 1. The Balaban J connectivity index is 2.97. The molecule has 1 N–H and O–H groups in total. The molecule has 0 aliphatic heterocycles. The van der Waals surface area contributed by atoms with Crippen LogP contribution in [-0.2, 0) is 4.74 Å². The average Bonchev–Trinajstić information content (AvgIpc) is 2.44. The number of methoxy groups -OCH3 is 1. The molecule has 112 valence electrons. The molecule has 5 nitrogen and oxygen atoms in total. The normalized spacial score (nSPS) is 12.1. The number of anilines is 1. The molecule has 0 aliphatic carbocycles. The van der Waals surface area contributed by atoms with Crippen molar-refractivity contribution in [1.82, 2.24) is 9.88 Å². The van der Waals surface area contributed by atoms with Crippen molar-refractivity contribution in [2.24, 2.45) is 0 Å². The number of pyridine rings is 1.